The molecule has 0 aliphatic carbocycles. The first kappa shape index (κ1) is 21.6. The molecular formula is C12H16Cl2GaN8. The van der Waals surface area contributed by atoms with E-state index in [2.05, 4.69) is 39.9 Å². The van der Waals surface area contributed by atoms with Crippen molar-refractivity contribution in [1.29, 1.82) is 0 Å². The Kier molecular flexibility index (Phi) is 19.3. The number of hydrogen-bond acceptors (Lipinski definition) is 8. The molecule has 0 bridgehead atoms. The summed E-state index contributed by atoms with van der Waals surface area (Å²) in [6, 6.07) is 0. The first-order chi connectivity index (χ1) is 11.4. The van der Waals surface area contributed by atoms with Gasteiger partial charge < -0.3 is 0 Å². The van der Waals surface area contributed by atoms with Crippen molar-refractivity contribution in [2.75, 3.05) is 26.2 Å². The minimum atomic E-state index is -0.743. The molecule has 0 saturated carbocycles. The van der Waals surface area contributed by atoms with Gasteiger partial charge in [-0.1, -0.05) is 0 Å². The van der Waals surface area contributed by atoms with E-state index in [9.17, 15) is 0 Å². The summed E-state index contributed by atoms with van der Waals surface area (Å²) in [4.78, 5) is 29.6. The summed E-state index contributed by atoms with van der Waals surface area (Å²) < 4.78 is 0. The van der Waals surface area contributed by atoms with Crippen molar-refractivity contribution in [1.82, 2.24) is 0 Å². The van der Waals surface area contributed by atoms with Gasteiger partial charge in [0, 0.05) is 24.9 Å². The van der Waals surface area contributed by atoms with Gasteiger partial charge in [0.2, 0.25) is 0 Å². The first-order valence-electron chi connectivity index (χ1n) is 6.43. The monoisotopic (exact) mass is 411 g/mol. The third-order valence-electron chi connectivity index (χ3n) is 1.76. The van der Waals surface area contributed by atoms with Crippen molar-refractivity contribution < 1.29 is 0 Å². The van der Waals surface area contributed by atoms with Gasteiger partial charge in [0.05, 0.1) is 26.2 Å². The topological polar surface area (TPSA) is 98.9 Å². The van der Waals surface area contributed by atoms with E-state index in [1.807, 2.05) is 0 Å². The van der Waals surface area contributed by atoms with Gasteiger partial charge in [0.25, 0.3) is 0 Å². The second-order valence-electron chi connectivity index (χ2n) is 3.33. The predicted octanol–water partition coefficient (Wildman–Crippen LogP) is 1.39. The zero-order valence-corrected chi connectivity index (χ0v) is 16.3. The Morgan fingerprint density at radius 1 is 0.522 bits per heavy atom. The second-order valence-corrected chi connectivity index (χ2v) is 7.11. The van der Waals surface area contributed by atoms with Crippen LogP contribution >= 0.6 is 19.3 Å². The van der Waals surface area contributed by atoms with Gasteiger partial charge in [0.1, 0.15) is 25.4 Å². The molecule has 0 aromatic heterocycles. The third-order valence-corrected chi connectivity index (χ3v) is 1.76. The molecule has 4 aliphatic rings. The Morgan fingerprint density at radius 3 is 0.783 bits per heavy atom. The molecule has 4 rings (SSSR count). The summed E-state index contributed by atoms with van der Waals surface area (Å²) in [6.45, 7) is 3.11. The average molecular weight is 413 g/mol. The second kappa shape index (κ2) is 20.6. The van der Waals surface area contributed by atoms with Gasteiger partial charge >= 0.3 is 34.7 Å². The molecule has 1 radical (unpaired) electrons. The molecule has 11 heteroatoms. The van der Waals surface area contributed by atoms with E-state index in [0.717, 1.165) is 26.2 Å². The Labute approximate surface area is 150 Å². The van der Waals surface area contributed by atoms with E-state index < -0.39 is 15.4 Å². The number of halogens is 2. The summed E-state index contributed by atoms with van der Waals surface area (Å²) in [6.07, 6.45) is 13.3. The Bertz CT molecular complexity index is 369. The van der Waals surface area contributed by atoms with E-state index in [0.29, 0.717) is 0 Å². The van der Waals surface area contributed by atoms with Crippen LogP contribution < -0.4 is 0 Å². The standard InChI is InChI=1S/4C3H4N2.2ClH.Ga/c4*1-2-5-3-4-1;;;/h4*1,3H,2H2;2*1H;/q;;;;;;+2/p-2. The molecule has 0 fully saturated rings. The zero-order valence-electron chi connectivity index (χ0n) is 12.4. The molecule has 8 nitrogen and oxygen atoms in total. The number of aliphatic imine (C=N–C) groups is 8. The van der Waals surface area contributed by atoms with Gasteiger partial charge in [-0.05, 0) is 0 Å². The molecule has 0 spiro atoms. The van der Waals surface area contributed by atoms with Gasteiger partial charge in [-0.3, -0.25) is 20.0 Å². The molecule has 23 heavy (non-hydrogen) atoms. The van der Waals surface area contributed by atoms with Gasteiger partial charge in [-0.15, -0.1) is 0 Å². The molecule has 0 aromatic carbocycles. The third kappa shape index (κ3) is 20.6. The fourth-order valence-corrected chi connectivity index (χ4v) is 0.943. The van der Waals surface area contributed by atoms with E-state index in [1.54, 1.807) is 50.2 Å². The van der Waals surface area contributed by atoms with Crippen LogP contribution in [-0.2, 0) is 0 Å². The fourth-order valence-electron chi connectivity index (χ4n) is 0.943. The van der Waals surface area contributed by atoms with E-state index in [-0.39, 0.29) is 0 Å². The molecule has 0 unspecified atom stereocenters. The quantitative estimate of drug-likeness (QED) is 0.537. The fraction of sp³-hybridized carbons (Fsp3) is 0.333. The first-order valence-corrected chi connectivity index (χ1v) is 12.8. The molecule has 0 N–H and O–H groups in total. The van der Waals surface area contributed by atoms with Crippen LogP contribution in [0.1, 0.15) is 0 Å². The van der Waals surface area contributed by atoms with E-state index in [1.165, 1.54) is 0 Å². The minimum absolute atomic E-state index is 0.743. The van der Waals surface area contributed by atoms with E-state index in [4.69, 9.17) is 19.3 Å². The maximum absolute atomic E-state index is 4.92. The van der Waals surface area contributed by atoms with Crippen molar-refractivity contribution in [2.24, 2.45) is 39.9 Å². The molecule has 0 amide bonds. The van der Waals surface area contributed by atoms with Gasteiger partial charge in [0.15, 0.2) is 0 Å². The predicted molar refractivity (Wildman–Crippen MR) is 105 cm³/mol. The van der Waals surface area contributed by atoms with Crippen molar-refractivity contribution in [3.63, 3.8) is 0 Å². The number of hydrogen-bond donors (Lipinski definition) is 0. The summed E-state index contributed by atoms with van der Waals surface area (Å²) in [5.74, 6) is 0. The van der Waals surface area contributed by atoms with Crippen LogP contribution in [0, 0.1) is 0 Å². The van der Waals surface area contributed by atoms with Gasteiger partial charge in [-0.2, -0.15) is 0 Å². The Morgan fingerprint density at radius 2 is 0.739 bits per heavy atom. The van der Waals surface area contributed by atoms with Crippen LogP contribution in [0.5, 0.6) is 0 Å². The van der Waals surface area contributed by atoms with Crippen LogP contribution in [0.15, 0.2) is 39.9 Å². The van der Waals surface area contributed by atoms with Crippen LogP contribution in [-0.4, -0.2) is 91.8 Å². The average Bonchev–Trinajstić information content (AvgIpc) is 3.47. The van der Waals surface area contributed by atoms with Crippen molar-refractivity contribution >= 4 is 84.9 Å². The van der Waals surface area contributed by atoms with Crippen molar-refractivity contribution in [2.45, 2.75) is 0 Å². The molecule has 4 aliphatic heterocycles. The molecule has 0 saturated heterocycles. The molecule has 0 atom stereocenters. The summed E-state index contributed by atoms with van der Waals surface area (Å²) in [5, 5.41) is 0. The van der Waals surface area contributed by atoms with Crippen molar-refractivity contribution in [3.05, 3.63) is 0 Å². The summed E-state index contributed by atoms with van der Waals surface area (Å²) in [7, 11) is 9.84. The zero-order chi connectivity index (χ0) is 16.8. The number of rotatable bonds is 0. The maximum atomic E-state index is 4.92. The molecule has 0 aromatic rings. The Hall–Kier alpha value is -1.42. The Balaban J connectivity index is 0.000000266. The molecule has 4 heterocycles. The van der Waals surface area contributed by atoms with E-state index >= 15 is 0 Å². The van der Waals surface area contributed by atoms with Crippen LogP contribution in [0.25, 0.3) is 0 Å². The van der Waals surface area contributed by atoms with Crippen LogP contribution in [0.2, 0.25) is 0 Å². The van der Waals surface area contributed by atoms with Crippen LogP contribution in [0.4, 0.5) is 0 Å². The normalized spacial score (nSPS) is 15.9. The summed E-state index contributed by atoms with van der Waals surface area (Å²) >= 11 is -0.743. The summed E-state index contributed by atoms with van der Waals surface area (Å²) in [5.41, 5.74) is 0. The number of nitrogens with zero attached hydrogens (tertiary/aromatic N) is 8. The van der Waals surface area contributed by atoms with Crippen molar-refractivity contribution in [3.8, 4) is 0 Å². The van der Waals surface area contributed by atoms with Gasteiger partial charge in [-0.25, -0.2) is 20.0 Å². The molecular weight excluding hydrogens is 397 g/mol. The van der Waals surface area contributed by atoms with Crippen LogP contribution in [0.3, 0.4) is 0 Å². The molecule has 121 valence electrons. The SMILES string of the molecule is C1=NC=NC1.C1=NC=NC1.C1=NC=NC1.C1=NC=NC1.[Cl][Ga][Cl].